The summed E-state index contributed by atoms with van der Waals surface area (Å²) in [5.41, 5.74) is 2.05. The highest BCUT2D eigenvalue weighted by Gasteiger charge is 2.38. The van der Waals surface area contributed by atoms with E-state index in [1.54, 1.807) is 24.3 Å². The van der Waals surface area contributed by atoms with Gasteiger partial charge in [0.2, 0.25) is 0 Å². The molecule has 2 aromatic carbocycles. The predicted octanol–water partition coefficient (Wildman–Crippen LogP) is 0.753. The van der Waals surface area contributed by atoms with Gasteiger partial charge in [-0.15, -0.1) is 0 Å². The van der Waals surface area contributed by atoms with Crippen LogP contribution in [0.25, 0.3) is 0 Å². The molecule has 1 aliphatic heterocycles. The zero-order valence-corrected chi connectivity index (χ0v) is 12.9. The van der Waals surface area contributed by atoms with Gasteiger partial charge in [-0.1, -0.05) is 12.1 Å². The van der Waals surface area contributed by atoms with Crippen LogP contribution in [-0.4, -0.2) is 27.7 Å². The molecule has 132 valence electrons. The first-order valence-electron chi connectivity index (χ1n) is 7.46. The van der Waals surface area contributed by atoms with E-state index in [0.717, 1.165) is 0 Å². The second kappa shape index (κ2) is 7.23. The van der Waals surface area contributed by atoms with Gasteiger partial charge in [0.15, 0.2) is 12.6 Å². The minimum atomic E-state index is -1.37. The summed E-state index contributed by atoms with van der Waals surface area (Å²) in [5.74, 6) is 0. The van der Waals surface area contributed by atoms with E-state index in [2.05, 4.69) is 0 Å². The van der Waals surface area contributed by atoms with Gasteiger partial charge in [-0.2, -0.15) is 0 Å². The summed E-state index contributed by atoms with van der Waals surface area (Å²) in [4.78, 5) is 10.2. The second-order valence-electron chi connectivity index (χ2n) is 5.53. The van der Waals surface area contributed by atoms with Crippen molar-refractivity contribution >= 4 is 11.4 Å². The molecule has 4 N–H and O–H groups in total. The number of non-ortho nitro benzene ring substituents is 1. The Balaban J connectivity index is 1.75. The summed E-state index contributed by atoms with van der Waals surface area (Å²) in [7, 11) is 0. The van der Waals surface area contributed by atoms with Crippen LogP contribution in [0.3, 0.4) is 0 Å². The van der Waals surface area contributed by atoms with E-state index in [9.17, 15) is 25.5 Å². The number of hydrogen-bond acceptors (Lipinski definition) is 7. The van der Waals surface area contributed by atoms with Crippen LogP contribution < -0.4 is 5.48 Å². The number of rotatable bonds is 4. The summed E-state index contributed by atoms with van der Waals surface area (Å²) < 4.78 is 10.9. The smallest absolute Gasteiger partial charge is 0.269 e. The molecule has 9 nitrogen and oxygen atoms in total. The third-order valence-electron chi connectivity index (χ3n) is 3.92. The van der Waals surface area contributed by atoms with E-state index >= 15 is 0 Å². The van der Waals surface area contributed by atoms with Crippen molar-refractivity contribution in [1.82, 2.24) is 0 Å². The van der Waals surface area contributed by atoms with Crippen LogP contribution >= 0.6 is 0 Å². The lowest BCUT2D eigenvalue weighted by atomic mass is 10.0. The molecule has 4 atom stereocenters. The van der Waals surface area contributed by atoms with Crippen molar-refractivity contribution in [3.8, 4) is 0 Å². The van der Waals surface area contributed by atoms with Crippen molar-refractivity contribution < 1.29 is 30.1 Å². The average molecular weight is 348 g/mol. The summed E-state index contributed by atoms with van der Waals surface area (Å²) in [6.45, 7) is 0. The fraction of sp³-hybridized carbons (Fsp3) is 0.250. The standard InChI is InChI=1S/C16H16N2O7/c19-15-13(9-1-5-11(17-21)6-2-9)24-16(20)14(25-15)10-3-7-12(8-4-10)18(22)23/h1-8,13-16,19-20H,17H2. The van der Waals surface area contributed by atoms with E-state index in [-0.39, 0.29) is 5.69 Å². The molecule has 0 radical (unpaired) electrons. The van der Waals surface area contributed by atoms with Gasteiger partial charge in [0, 0.05) is 12.1 Å². The molecule has 0 amide bonds. The number of nitrogens with two attached hydrogens (primary N) is 1. The molecule has 3 rings (SSSR count). The fourth-order valence-corrected chi connectivity index (χ4v) is 2.61. The molecule has 0 aliphatic carbocycles. The van der Waals surface area contributed by atoms with Gasteiger partial charge in [0.05, 0.1) is 4.92 Å². The maximum Gasteiger partial charge on any atom is 0.269 e. The number of aliphatic hydroxyl groups is 2. The van der Waals surface area contributed by atoms with Crippen molar-refractivity contribution in [3.05, 3.63) is 75.0 Å². The molecule has 0 aromatic heterocycles. The lowest BCUT2D eigenvalue weighted by Crippen LogP contribution is -2.70. The molecular formula is C16H16N2O7. The van der Waals surface area contributed by atoms with Crippen LogP contribution in [0.2, 0.25) is 0 Å². The van der Waals surface area contributed by atoms with Crippen molar-refractivity contribution in [2.24, 2.45) is 0 Å². The zero-order valence-electron chi connectivity index (χ0n) is 12.9. The molecule has 0 spiro atoms. The Labute approximate surface area is 142 Å². The Morgan fingerprint density at radius 1 is 0.880 bits per heavy atom. The number of nitro benzene ring substituents is 1. The van der Waals surface area contributed by atoms with Gasteiger partial charge in [-0.3, -0.25) is 10.1 Å². The molecule has 0 bridgehead atoms. The molecule has 1 saturated heterocycles. The van der Waals surface area contributed by atoms with E-state index in [1.165, 1.54) is 24.3 Å². The van der Waals surface area contributed by atoms with Gasteiger partial charge in [0.1, 0.15) is 17.9 Å². The minimum absolute atomic E-state index is 0.0938. The number of aliphatic hydroxyl groups excluding tert-OH is 2. The molecule has 1 aliphatic rings. The largest absolute Gasteiger partial charge is 0.630 e. The molecule has 25 heavy (non-hydrogen) atoms. The van der Waals surface area contributed by atoms with Crippen LogP contribution in [0.5, 0.6) is 0 Å². The lowest BCUT2D eigenvalue weighted by Gasteiger charge is -2.37. The number of ether oxygens (including phenoxy) is 2. The van der Waals surface area contributed by atoms with E-state index < -0.39 is 29.7 Å². The Kier molecular flexibility index (Phi) is 5.04. The van der Waals surface area contributed by atoms with Crippen LogP contribution in [0, 0.1) is 15.3 Å². The summed E-state index contributed by atoms with van der Waals surface area (Å²) in [6, 6.07) is 11.7. The Morgan fingerprint density at radius 3 is 1.72 bits per heavy atom. The van der Waals surface area contributed by atoms with Crippen LogP contribution in [0.1, 0.15) is 23.3 Å². The normalized spacial score (nSPS) is 26.4. The van der Waals surface area contributed by atoms with Gasteiger partial charge in [-0.05, 0) is 35.4 Å². The molecule has 2 aromatic rings. The molecule has 0 saturated carbocycles. The highest BCUT2D eigenvalue weighted by molar-refractivity contribution is 5.35. The molecular weight excluding hydrogens is 332 g/mol. The van der Waals surface area contributed by atoms with Crippen LogP contribution in [0.15, 0.2) is 48.5 Å². The monoisotopic (exact) mass is 348 g/mol. The first-order valence-corrected chi connectivity index (χ1v) is 7.46. The maximum atomic E-state index is 10.7. The highest BCUT2D eigenvalue weighted by atomic mass is 16.7. The topological polar surface area (TPSA) is 142 Å². The van der Waals surface area contributed by atoms with Crippen LogP contribution in [-0.2, 0) is 9.47 Å². The molecule has 1 heterocycles. The summed E-state index contributed by atoms with van der Waals surface area (Å²) in [6.07, 6.45) is -4.64. The first-order chi connectivity index (χ1) is 12.0. The fourth-order valence-electron chi connectivity index (χ4n) is 2.61. The maximum absolute atomic E-state index is 10.7. The number of nitro groups is 1. The van der Waals surface area contributed by atoms with Gasteiger partial charge in [0.25, 0.3) is 5.69 Å². The number of quaternary nitrogens is 1. The molecule has 4 unspecified atom stereocenters. The van der Waals surface area contributed by atoms with E-state index in [0.29, 0.717) is 22.3 Å². The lowest BCUT2D eigenvalue weighted by molar-refractivity contribution is -0.497. The van der Waals surface area contributed by atoms with Crippen LogP contribution in [0.4, 0.5) is 11.4 Å². The second-order valence-corrected chi connectivity index (χ2v) is 5.53. The minimum Gasteiger partial charge on any atom is -0.630 e. The quantitative estimate of drug-likeness (QED) is 0.420. The predicted molar refractivity (Wildman–Crippen MR) is 84.2 cm³/mol. The van der Waals surface area contributed by atoms with Gasteiger partial charge < -0.3 is 30.4 Å². The van der Waals surface area contributed by atoms with Gasteiger partial charge in [-0.25, -0.2) is 0 Å². The third-order valence-corrected chi connectivity index (χ3v) is 3.92. The third kappa shape index (κ3) is 3.66. The Hall–Kier alpha value is -2.40. The zero-order chi connectivity index (χ0) is 18.0. The molecule has 1 fully saturated rings. The Bertz CT molecular complexity index is 735. The van der Waals surface area contributed by atoms with E-state index in [1.807, 2.05) is 0 Å². The molecule has 9 heteroatoms. The summed E-state index contributed by atoms with van der Waals surface area (Å²) >= 11 is 0. The number of hydrogen-bond donors (Lipinski definition) is 3. The Morgan fingerprint density at radius 2 is 1.32 bits per heavy atom. The summed E-state index contributed by atoms with van der Waals surface area (Å²) in [5, 5.41) is 41.8. The number of benzene rings is 2. The SMILES string of the molecule is O=[N+]([O-])c1ccc(C2OC(O)C(c3ccc([NH2+][O-])cc3)OC2O)cc1. The van der Waals surface area contributed by atoms with Gasteiger partial charge >= 0.3 is 0 Å². The van der Waals surface area contributed by atoms with E-state index in [4.69, 9.17) is 9.47 Å². The average Bonchev–Trinajstić information content (AvgIpc) is 2.63. The van der Waals surface area contributed by atoms with Crippen molar-refractivity contribution in [2.45, 2.75) is 24.8 Å². The highest BCUT2D eigenvalue weighted by Crippen LogP contribution is 2.37. The first kappa shape index (κ1) is 17.4. The van der Waals surface area contributed by atoms with Crippen molar-refractivity contribution in [1.29, 1.82) is 0 Å². The van der Waals surface area contributed by atoms with Crippen molar-refractivity contribution in [3.63, 3.8) is 0 Å². The number of nitrogens with zero attached hydrogens (tertiary/aromatic N) is 1. The van der Waals surface area contributed by atoms with Crippen molar-refractivity contribution in [2.75, 3.05) is 0 Å².